The molecule has 7 heteroatoms. The molecule has 104 valence electrons. The van der Waals surface area contributed by atoms with Crippen LogP contribution < -0.4 is 4.72 Å². The van der Waals surface area contributed by atoms with Crippen molar-refractivity contribution >= 4 is 37.3 Å². The van der Waals surface area contributed by atoms with Gasteiger partial charge in [-0.2, -0.15) is 5.26 Å². The van der Waals surface area contributed by atoms with Gasteiger partial charge >= 0.3 is 0 Å². The van der Waals surface area contributed by atoms with Gasteiger partial charge in [0.05, 0.1) is 27.0 Å². The molecule has 0 bridgehead atoms. The molecule has 0 saturated carbocycles. The van der Waals surface area contributed by atoms with Crippen LogP contribution in [-0.2, 0) is 10.0 Å². The number of hydrogen-bond donors (Lipinski definition) is 1. The maximum absolute atomic E-state index is 12.4. The van der Waals surface area contributed by atoms with Crippen molar-refractivity contribution in [3.63, 3.8) is 0 Å². The Hall–Kier alpha value is -2.43. The van der Waals surface area contributed by atoms with Crippen molar-refractivity contribution in [2.45, 2.75) is 4.90 Å². The fourth-order valence-corrected chi connectivity index (χ4v) is 3.85. The molecule has 0 aliphatic carbocycles. The van der Waals surface area contributed by atoms with E-state index in [1.165, 1.54) is 23.5 Å². The summed E-state index contributed by atoms with van der Waals surface area (Å²) in [5.74, 6) is 0. The highest BCUT2D eigenvalue weighted by Crippen LogP contribution is 2.24. The molecule has 0 aliphatic rings. The number of nitrogens with zero attached hydrogens (tertiary/aromatic N) is 2. The maximum Gasteiger partial charge on any atom is 0.263 e. The number of benzene rings is 2. The standard InChI is InChI=1S/C14H9N3O2S2/c15-8-10-3-1-2-4-14(10)21(18,19)17-11-5-6-12-13(7-11)20-9-16-12/h1-7,9,17H. The van der Waals surface area contributed by atoms with Crippen molar-refractivity contribution in [2.75, 3.05) is 4.72 Å². The van der Waals surface area contributed by atoms with Gasteiger partial charge in [-0.25, -0.2) is 13.4 Å². The number of nitrogens with one attached hydrogen (secondary N) is 1. The van der Waals surface area contributed by atoms with Crippen molar-refractivity contribution in [1.29, 1.82) is 5.26 Å². The molecule has 1 aromatic heterocycles. The molecular formula is C14H9N3O2S2. The van der Waals surface area contributed by atoms with E-state index in [1.807, 2.05) is 6.07 Å². The van der Waals surface area contributed by atoms with Crippen molar-refractivity contribution in [3.05, 3.63) is 53.5 Å². The van der Waals surface area contributed by atoms with Crippen LogP contribution in [0.3, 0.4) is 0 Å². The fraction of sp³-hybridized carbons (Fsp3) is 0. The van der Waals surface area contributed by atoms with Gasteiger partial charge < -0.3 is 0 Å². The summed E-state index contributed by atoms with van der Waals surface area (Å²) in [6, 6.07) is 13.1. The molecule has 0 amide bonds. The Morgan fingerprint density at radius 1 is 1.19 bits per heavy atom. The average molecular weight is 315 g/mol. The monoisotopic (exact) mass is 315 g/mol. The zero-order valence-electron chi connectivity index (χ0n) is 10.6. The molecule has 3 rings (SSSR count). The second-order valence-corrected chi connectivity index (χ2v) is 6.79. The number of fused-ring (bicyclic) bond motifs is 1. The Labute approximate surface area is 125 Å². The van der Waals surface area contributed by atoms with E-state index in [-0.39, 0.29) is 10.5 Å². The number of sulfonamides is 1. The molecule has 0 fully saturated rings. The summed E-state index contributed by atoms with van der Waals surface area (Å²) in [5, 5.41) is 9.01. The molecule has 0 aliphatic heterocycles. The highest BCUT2D eigenvalue weighted by Gasteiger charge is 2.18. The third kappa shape index (κ3) is 2.59. The third-order valence-electron chi connectivity index (χ3n) is 2.88. The lowest BCUT2D eigenvalue weighted by Crippen LogP contribution is -2.14. The quantitative estimate of drug-likeness (QED) is 0.805. The fourth-order valence-electron chi connectivity index (χ4n) is 1.92. The number of aromatic nitrogens is 1. The zero-order chi connectivity index (χ0) is 14.9. The van der Waals surface area contributed by atoms with E-state index in [9.17, 15) is 8.42 Å². The Kier molecular flexibility index (Phi) is 3.33. The van der Waals surface area contributed by atoms with Gasteiger partial charge in [-0.3, -0.25) is 4.72 Å². The Morgan fingerprint density at radius 3 is 2.81 bits per heavy atom. The number of rotatable bonds is 3. The minimum Gasteiger partial charge on any atom is -0.280 e. The van der Waals surface area contributed by atoms with E-state index in [0.29, 0.717) is 5.69 Å². The molecule has 0 spiro atoms. The van der Waals surface area contributed by atoms with E-state index in [1.54, 1.807) is 35.8 Å². The van der Waals surface area contributed by atoms with Gasteiger partial charge in [0, 0.05) is 0 Å². The largest absolute Gasteiger partial charge is 0.280 e. The summed E-state index contributed by atoms with van der Waals surface area (Å²) in [6.07, 6.45) is 0. The Morgan fingerprint density at radius 2 is 2.00 bits per heavy atom. The molecule has 0 saturated heterocycles. The molecule has 5 nitrogen and oxygen atoms in total. The Bertz CT molecular complexity index is 956. The van der Waals surface area contributed by atoms with Crippen LogP contribution in [0.25, 0.3) is 10.2 Å². The van der Waals surface area contributed by atoms with Crippen LogP contribution in [0.4, 0.5) is 5.69 Å². The van der Waals surface area contributed by atoms with Crippen LogP contribution in [0.15, 0.2) is 52.9 Å². The molecule has 1 heterocycles. The van der Waals surface area contributed by atoms with E-state index in [0.717, 1.165) is 10.2 Å². The van der Waals surface area contributed by atoms with Crippen molar-refractivity contribution in [2.24, 2.45) is 0 Å². The average Bonchev–Trinajstić information content (AvgIpc) is 2.94. The van der Waals surface area contributed by atoms with Gasteiger partial charge in [0.15, 0.2) is 0 Å². The van der Waals surface area contributed by atoms with Crippen LogP contribution >= 0.6 is 11.3 Å². The normalized spacial score (nSPS) is 11.2. The van der Waals surface area contributed by atoms with Gasteiger partial charge in [0.2, 0.25) is 0 Å². The van der Waals surface area contributed by atoms with Gasteiger partial charge in [0.1, 0.15) is 11.0 Å². The number of hydrogen-bond acceptors (Lipinski definition) is 5. The van der Waals surface area contributed by atoms with E-state index >= 15 is 0 Å². The van der Waals surface area contributed by atoms with Gasteiger partial charge in [-0.15, -0.1) is 11.3 Å². The highest BCUT2D eigenvalue weighted by atomic mass is 32.2. The summed E-state index contributed by atoms with van der Waals surface area (Å²) in [6.45, 7) is 0. The number of nitriles is 1. The lowest BCUT2D eigenvalue weighted by atomic mass is 10.2. The van der Waals surface area contributed by atoms with Gasteiger partial charge in [0.25, 0.3) is 10.0 Å². The molecule has 21 heavy (non-hydrogen) atoms. The molecule has 0 unspecified atom stereocenters. The van der Waals surface area contributed by atoms with Crippen LogP contribution in [0, 0.1) is 11.3 Å². The van der Waals surface area contributed by atoms with Crippen LogP contribution in [0.1, 0.15) is 5.56 Å². The van der Waals surface area contributed by atoms with E-state index in [2.05, 4.69) is 9.71 Å². The number of thiazole rings is 1. The van der Waals surface area contributed by atoms with Crippen LogP contribution in [-0.4, -0.2) is 13.4 Å². The van der Waals surface area contributed by atoms with Gasteiger partial charge in [-0.1, -0.05) is 12.1 Å². The SMILES string of the molecule is N#Cc1ccccc1S(=O)(=O)Nc1ccc2ncsc2c1. The second kappa shape index (κ2) is 5.16. The third-order valence-corrected chi connectivity index (χ3v) is 5.11. The first-order chi connectivity index (χ1) is 10.1. The van der Waals surface area contributed by atoms with Crippen molar-refractivity contribution < 1.29 is 8.42 Å². The summed E-state index contributed by atoms with van der Waals surface area (Å²) in [4.78, 5) is 4.11. The topological polar surface area (TPSA) is 82.8 Å². The summed E-state index contributed by atoms with van der Waals surface area (Å²) < 4.78 is 28.1. The Balaban J connectivity index is 2.01. The van der Waals surface area contributed by atoms with Crippen molar-refractivity contribution in [3.8, 4) is 6.07 Å². The molecule has 2 aromatic carbocycles. The smallest absolute Gasteiger partial charge is 0.263 e. The predicted octanol–water partition coefficient (Wildman–Crippen LogP) is 2.97. The molecule has 0 atom stereocenters. The first-order valence-corrected chi connectivity index (χ1v) is 8.32. The van der Waals surface area contributed by atoms with E-state index in [4.69, 9.17) is 5.26 Å². The second-order valence-electron chi connectivity index (χ2n) is 4.25. The molecular weight excluding hydrogens is 306 g/mol. The summed E-state index contributed by atoms with van der Waals surface area (Å²) >= 11 is 1.43. The minimum absolute atomic E-state index is 0.0306. The summed E-state index contributed by atoms with van der Waals surface area (Å²) in [7, 11) is -3.80. The van der Waals surface area contributed by atoms with Crippen LogP contribution in [0.2, 0.25) is 0 Å². The lowest BCUT2D eigenvalue weighted by Gasteiger charge is -2.09. The highest BCUT2D eigenvalue weighted by molar-refractivity contribution is 7.92. The lowest BCUT2D eigenvalue weighted by molar-refractivity contribution is 0.601. The molecule has 0 radical (unpaired) electrons. The zero-order valence-corrected chi connectivity index (χ0v) is 12.3. The first-order valence-electron chi connectivity index (χ1n) is 5.95. The summed E-state index contributed by atoms with van der Waals surface area (Å²) in [5.41, 5.74) is 3.08. The van der Waals surface area contributed by atoms with E-state index < -0.39 is 10.0 Å². The van der Waals surface area contributed by atoms with Gasteiger partial charge in [-0.05, 0) is 30.3 Å². The van der Waals surface area contributed by atoms with Crippen LogP contribution in [0.5, 0.6) is 0 Å². The number of anilines is 1. The molecule has 1 N–H and O–H groups in total. The molecule has 3 aromatic rings. The predicted molar refractivity (Wildman–Crippen MR) is 81.6 cm³/mol. The maximum atomic E-state index is 12.4. The van der Waals surface area contributed by atoms with Crippen molar-refractivity contribution in [1.82, 2.24) is 4.98 Å². The first kappa shape index (κ1) is 13.5. The minimum atomic E-state index is -3.80.